The van der Waals surface area contributed by atoms with Crippen LogP contribution in [0.4, 0.5) is 0 Å². The topological polar surface area (TPSA) is 59.4 Å². The van der Waals surface area contributed by atoms with Gasteiger partial charge in [0.2, 0.25) is 5.88 Å². The number of pyridine rings is 1. The minimum absolute atomic E-state index is 0.513. The summed E-state index contributed by atoms with van der Waals surface area (Å²) in [6, 6.07) is 3.70. The SMILES string of the molecule is COc1ncccc1CC1(C(=O)O)CCC1. The third-order valence-corrected chi connectivity index (χ3v) is 3.34. The molecule has 1 aromatic heterocycles. The summed E-state index contributed by atoms with van der Waals surface area (Å²) in [4.78, 5) is 15.3. The van der Waals surface area contributed by atoms with Crippen LogP contribution in [-0.4, -0.2) is 23.2 Å². The lowest BCUT2D eigenvalue weighted by molar-refractivity contribution is -0.154. The highest BCUT2D eigenvalue weighted by Gasteiger charge is 2.44. The van der Waals surface area contributed by atoms with Crippen molar-refractivity contribution in [2.45, 2.75) is 25.7 Å². The van der Waals surface area contributed by atoms with Crippen molar-refractivity contribution in [3.05, 3.63) is 23.9 Å². The van der Waals surface area contributed by atoms with Gasteiger partial charge in [0.1, 0.15) is 0 Å². The van der Waals surface area contributed by atoms with Gasteiger partial charge >= 0.3 is 5.97 Å². The van der Waals surface area contributed by atoms with Crippen LogP contribution in [0.3, 0.4) is 0 Å². The first-order valence-corrected chi connectivity index (χ1v) is 5.39. The van der Waals surface area contributed by atoms with E-state index in [-0.39, 0.29) is 0 Å². The summed E-state index contributed by atoms with van der Waals surface area (Å²) in [7, 11) is 1.56. The quantitative estimate of drug-likeness (QED) is 0.843. The average molecular weight is 221 g/mol. The minimum atomic E-state index is -0.704. The maximum atomic E-state index is 11.2. The molecule has 1 N–H and O–H groups in total. The second kappa shape index (κ2) is 4.12. The van der Waals surface area contributed by atoms with Gasteiger partial charge in [0.25, 0.3) is 0 Å². The molecular weight excluding hydrogens is 206 g/mol. The molecule has 4 heteroatoms. The van der Waals surface area contributed by atoms with Crippen molar-refractivity contribution in [3.63, 3.8) is 0 Å². The van der Waals surface area contributed by atoms with Crippen molar-refractivity contribution in [1.82, 2.24) is 4.98 Å². The zero-order valence-corrected chi connectivity index (χ0v) is 9.27. The molecule has 16 heavy (non-hydrogen) atoms. The largest absolute Gasteiger partial charge is 0.481 e. The van der Waals surface area contributed by atoms with Gasteiger partial charge in [-0.15, -0.1) is 0 Å². The molecule has 0 atom stereocenters. The highest BCUT2D eigenvalue weighted by atomic mass is 16.5. The lowest BCUT2D eigenvalue weighted by atomic mass is 9.65. The molecule has 0 radical (unpaired) electrons. The molecular formula is C12H15NO3. The molecule has 0 aliphatic heterocycles. The first kappa shape index (κ1) is 10.9. The van der Waals surface area contributed by atoms with Crippen molar-refractivity contribution in [2.75, 3.05) is 7.11 Å². The summed E-state index contributed by atoms with van der Waals surface area (Å²) in [5.41, 5.74) is 0.295. The Morgan fingerprint density at radius 2 is 2.38 bits per heavy atom. The number of carbonyl (C=O) groups is 1. The van der Waals surface area contributed by atoms with Gasteiger partial charge in [0.15, 0.2) is 0 Å². The van der Waals surface area contributed by atoms with E-state index in [0.29, 0.717) is 12.3 Å². The molecule has 1 heterocycles. The Hall–Kier alpha value is -1.58. The first-order chi connectivity index (χ1) is 7.68. The van der Waals surface area contributed by atoms with E-state index in [1.165, 1.54) is 0 Å². The number of hydrogen-bond donors (Lipinski definition) is 1. The van der Waals surface area contributed by atoms with E-state index < -0.39 is 11.4 Å². The van der Waals surface area contributed by atoms with E-state index in [0.717, 1.165) is 24.8 Å². The fourth-order valence-corrected chi connectivity index (χ4v) is 2.18. The lowest BCUT2D eigenvalue weighted by Gasteiger charge is -2.37. The lowest BCUT2D eigenvalue weighted by Crippen LogP contribution is -2.40. The molecule has 0 unspecified atom stereocenters. The van der Waals surface area contributed by atoms with Gasteiger partial charge < -0.3 is 9.84 Å². The Kier molecular flexibility index (Phi) is 2.81. The molecule has 0 saturated heterocycles. The number of aromatic nitrogens is 1. The van der Waals surface area contributed by atoms with Crippen LogP contribution >= 0.6 is 0 Å². The zero-order chi connectivity index (χ0) is 11.6. The number of ether oxygens (including phenoxy) is 1. The third-order valence-electron chi connectivity index (χ3n) is 3.34. The van der Waals surface area contributed by atoms with Crippen LogP contribution in [0.5, 0.6) is 5.88 Å². The minimum Gasteiger partial charge on any atom is -0.481 e. The molecule has 1 aliphatic rings. The Bertz CT molecular complexity index is 399. The Morgan fingerprint density at radius 3 is 2.88 bits per heavy atom. The molecule has 86 valence electrons. The standard InChI is InChI=1S/C12H15NO3/c1-16-10-9(4-2-7-13-10)8-12(11(14)15)5-3-6-12/h2,4,7H,3,5-6,8H2,1H3,(H,14,15). The first-order valence-electron chi connectivity index (χ1n) is 5.39. The number of hydrogen-bond acceptors (Lipinski definition) is 3. The highest BCUT2D eigenvalue weighted by molar-refractivity contribution is 5.76. The van der Waals surface area contributed by atoms with Crippen molar-refractivity contribution >= 4 is 5.97 Å². The van der Waals surface area contributed by atoms with Crippen LogP contribution in [-0.2, 0) is 11.2 Å². The van der Waals surface area contributed by atoms with Crippen molar-refractivity contribution in [1.29, 1.82) is 0 Å². The molecule has 1 saturated carbocycles. The van der Waals surface area contributed by atoms with Crippen molar-refractivity contribution in [3.8, 4) is 5.88 Å². The average Bonchev–Trinajstić information content (AvgIpc) is 2.23. The highest BCUT2D eigenvalue weighted by Crippen LogP contribution is 2.44. The van der Waals surface area contributed by atoms with Crippen LogP contribution in [0, 0.1) is 5.41 Å². The smallest absolute Gasteiger partial charge is 0.309 e. The Labute approximate surface area is 94.3 Å². The van der Waals surface area contributed by atoms with Crippen LogP contribution in [0.15, 0.2) is 18.3 Å². The molecule has 0 amide bonds. The molecule has 4 nitrogen and oxygen atoms in total. The summed E-state index contributed by atoms with van der Waals surface area (Å²) in [5.74, 6) is -0.167. The summed E-state index contributed by atoms with van der Waals surface area (Å²) in [6.07, 6.45) is 4.66. The molecule has 1 aromatic rings. The number of carboxylic acids is 1. The summed E-state index contributed by atoms with van der Waals surface area (Å²) in [6.45, 7) is 0. The van der Waals surface area contributed by atoms with E-state index in [2.05, 4.69) is 4.98 Å². The summed E-state index contributed by atoms with van der Waals surface area (Å²) < 4.78 is 5.14. The van der Waals surface area contributed by atoms with Gasteiger partial charge in [-0.05, 0) is 25.3 Å². The van der Waals surface area contributed by atoms with E-state index in [1.807, 2.05) is 12.1 Å². The number of aliphatic carboxylic acids is 1. The van der Waals surface area contributed by atoms with Gasteiger partial charge in [-0.1, -0.05) is 12.5 Å². The second-order valence-corrected chi connectivity index (χ2v) is 4.29. The zero-order valence-electron chi connectivity index (χ0n) is 9.27. The number of methoxy groups -OCH3 is 1. The second-order valence-electron chi connectivity index (χ2n) is 4.29. The molecule has 2 rings (SSSR count). The fraction of sp³-hybridized carbons (Fsp3) is 0.500. The molecule has 0 spiro atoms. The van der Waals surface area contributed by atoms with Crippen LogP contribution in [0.1, 0.15) is 24.8 Å². The normalized spacial score (nSPS) is 17.6. The van der Waals surface area contributed by atoms with Crippen LogP contribution in [0.2, 0.25) is 0 Å². The number of nitrogens with zero attached hydrogens (tertiary/aromatic N) is 1. The van der Waals surface area contributed by atoms with Crippen LogP contribution < -0.4 is 4.74 Å². The maximum absolute atomic E-state index is 11.2. The van der Waals surface area contributed by atoms with Gasteiger partial charge in [0.05, 0.1) is 12.5 Å². The van der Waals surface area contributed by atoms with Gasteiger partial charge in [-0.25, -0.2) is 4.98 Å². The van der Waals surface area contributed by atoms with Gasteiger partial charge in [-0.3, -0.25) is 4.79 Å². The van der Waals surface area contributed by atoms with E-state index in [1.54, 1.807) is 13.3 Å². The summed E-state index contributed by atoms with van der Waals surface area (Å²) in [5, 5.41) is 9.25. The van der Waals surface area contributed by atoms with Crippen LogP contribution in [0.25, 0.3) is 0 Å². The maximum Gasteiger partial charge on any atom is 0.309 e. The Morgan fingerprint density at radius 1 is 1.62 bits per heavy atom. The molecule has 0 bridgehead atoms. The van der Waals surface area contributed by atoms with Crippen molar-refractivity contribution < 1.29 is 14.6 Å². The third kappa shape index (κ3) is 1.75. The summed E-state index contributed by atoms with van der Waals surface area (Å²) >= 11 is 0. The fourth-order valence-electron chi connectivity index (χ4n) is 2.18. The Balaban J connectivity index is 2.22. The number of rotatable bonds is 4. The predicted octanol–water partition coefficient (Wildman–Crippen LogP) is 1.89. The predicted molar refractivity (Wildman–Crippen MR) is 58.4 cm³/mol. The molecule has 1 fully saturated rings. The molecule has 1 aliphatic carbocycles. The monoisotopic (exact) mass is 221 g/mol. The van der Waals surface area contributed by atoms with Gasteiger partial charge in [0, 0.05) is 11.8 Å². The van der Waals surface area contributed by atoms with E-state index in [4.69, 9.17) is 4.74 Å². The van der Waals surface area contributed by atoms with E-state index >= 15 is 0 Å². The number of carboxylic acid groups (broad SMARTS) is 1. The molecule has 0 aromatic carbocycles. The van der Waals surface area contributed by atoms with Gasteiger partial charge in [-0.2, -0.15) is 0 Å². The van der Waals surface area contributed by atoms with E-state index in [9.17, 15) is 9.90 Å². The van der Waals surface area contributed by atoms with Crippen molar-refractivity contribution in [2.24, 2.45) is 5.41 Å².